The van der Waals surface area contributed by atoms with Gasteiger partial charge in [0.2, 0.25) is 11.8 Å². The second-order valence-electron chi connectivity index (χ2n) is 7.32. The zero-order valence-corrected chi connectivity index (χ0v) is 17.1. The van der Waals surface area contributed by atoms with Crippen LogP contribution >= 0.6 is 0 Å². The molecule has 0 radical (unpaired) electrons. The number of amides is 2. The number of carbonyl (C=O) groups excluding carboxylic acids is 2. The molecule has 1 aromatic heterocycles. The third-order valence-electron chi connectivity index (χ3n) is 5.07. The molecule has 4 rings (SSSR count). The maximum atomic E-state index is 12.3. The van der Waals surface area contributed by atoms with Crippen molar-refractivity contribution in [3.63, 3.8) is 0 Å². The van der Waals surface area contributed by atoms with Gasteiger partial charge in [0.05, 0.1) is 24.8 Å². The SMILES string of the molecule is O=C(CNC(=O)Cc1cccc2ccccc12)NCCc1cnn(-c2ccccc2)c1. The molecule has 0 aliphatic carbocycles. The van der Waals surface area contributed by atoms with Gasteiger partial charge in [-0.15, -0.1) is 0 Å². The zero-order valence-electron chi connectivity index (χ0n) is 17.1. The van der Waals surface area contributed by atoms with Crippen molar-refractivity contribution in [2.24, 2.45) is 0 Å². The Morgan fingerprint density at radius 2 is 1.61 bits per heavy atom. The van der Waals surface area contributed by atoms with Crippen molar-refractivity contribution < 1.29 is 9.59 Å². The maximum absolute atomic E-state index is 12.3. The molecule has 0 bridgehead atoms. The number of rotatable bonds is 8. The molecule has 156 valence electrons. The predicted octanol–water partition coefficient (Wildman–Crippen LogP) is 3.04. The van der Waals surface area contributed by atoms with Gasteiger partial charge < -0.3 is 10.6 Å². The van der Waals surface area contributed by atoms with Crippen molar-refractivity contribution in [3.05, 3.63) is 96.3 Å². The highest BCUT2D eigenvalue weighted by Gasteiger charge is 2.09. The van der Waals surface area contributed by atoms with Gasteiger partial charge in [0.15, 0.2) is 0 Å². The normalized spacial score (nSPS) is 10.7. The van der Waals surface area contributed by atoms with Crippen LogP contribution in [0.4, 0.5) is 0 Å². The standard InChI is InChI=1S/C25H24N4O2/c30-24(15-21-9-6-8-20-7-4-5-12-23(20)21)27-17-25(31)26-14-13-19-16-28-29(18-19)22-10-2-1-3-11-22/h1-12,16,18H,13-15,17H2,(H,26,31)(H,27,30). The molecular weight excluding hydrogens is 388 g/mol. The van der Waals surface area contributed by atoms with Gasteiger partial charge in [0.1, 0.15) is 0 Å². The van der Waals surface area contributed by atoms with Crippen LogP contribution in [0.1, 0.15) is 11.1 Å². The van der Waals surface area contributed by atoms with Gasteiger partial charge in [-0.1, -0.05) is 60.7 Å². The monoisotopic (exact) mass is 412 g/mol. The average molecular weight is 412 g/mol. The molecule has 0 spiro atoms. The van der Waals surface area contributed by atoms with Crippen LogP contribution in [0.25, 0.3) is 16.5 Å². The fourth-order valence-corrected chi connectivity index (χ4v) is 3.48. The van der Waals surface area contributed by atoms with E-state index in [0.29, 0.717) is 13.0 Å². The average Bonchev–Trinajstić information content (AvgIpc) is 3.28. The smallest absolute Gasteiger partial charge is 0.239 e. The van der Waals surface area contributed by atoms with E-state index in [2.05, 4.69) is 15.7 Å². The van der Waals surface area contributed by atoms with Gasteiger partial charge in [-0.05, 0) is 40.5 Å². The topological polar surface area (TPSA) is 76.0 Å². The summed E-state index contributed by atoms with van der Waals surface area (Å²) in [6.07, 6.45) is 4.66. The number of hydrogen-bond acceptors (Lipinski definition) is 3. The first-order valence-electron chi connectivity index (χ1n) is 10.3. The molecule has 0 atom stereocenters. The molecule has 2 amide bonds. The number of para-hydroxylation sites is 1. The lowest BCUT2D eigenvalue weighted by Crippen LogP contribution is -2.38. The Labute approximate surface area is 180 Å². The van der Waals surface area contributed by atoms with Crippen molar-refractivity contribution in [2.45, 2.75) is 12.8 Å². The largest absolute Gasteiger partial charge is 0.354 e. The van der Waals surface area contributed by atoms with Crippen LogP contribution in [0, 0.1) is 0 Å². The molecule has 3 aromatic carbocycles. The molecule has 31 heavy (non-hydrogen) atoms. The fourth-order valence-electron chi connectivity index (χ4n) is 3.48. The van der Waals surface area contributed by atoms with Crippen molar-refractivity contribution in [2.75, 3.05) is 13.1 Å². The van der Waals surface area contributed by atoms with Crippen LogP contribution in [0.15, 0.2) is 85.2 Å². The van der Waals surface area contributed by atoms with E-state index >= 15 is 0 Å². The number of carbonyl (C=O) groups is 2. The number of fused-ring (bicyclic) bond motifs is 1. The van der Waals surface area contributed by atoms with Crippen LogP contribution < -0.4 is 10.6 Å². The fraction of sp³-hybridized carbons (Fsp3) is 0.160. The van der Waals surface area contributed by atoms with Crippen molar-refractivity contribution in [3.8, 4) is 5.69 Å². The van der Waals surface area contributed by atoms with E-state index in [1.807, 2.05) is 83.7 Å². The predicted molar refractivity (Wildman–Crippen MR) is 121 cm³/mol. The van der Waals surface area contributed by atoms with Gasteiger partial charge in [-0.3, -0.25) is 9.59 Å². The highest BCUT2D eigenvalue weighted by Crippen LogP contribution is 2.18. The van der Waals surface area contributed by atoms with Crippen LogP contribution in [0.2, 0.25) is 0 Å². The van der Waals surface area contributed by atoms with Gasteiger partial charge in [-0.2, -0.15) is 5.10 Å². The summed E-state index contributed by atoms with van der Waals surface area (Å²) in [6, 6.07) is 23.7. The summed E-state index contributed by atoms with van der Waals surface area (Å²) in [5, 5.41) is 12.0. The third-order valence-corrected chi connectivity index (χ3v) is 5.07. The Hall–Kier alpha value is -3.93. The molecule has 4 aromatic rings. The molecule has 1 heterocycles. The minimum atomic E-state index is -0.207. The van der Waals surface area contributed by atoms with Crippen molar-refractivity contribution >= 4 is 22.6 Å². The molecule has 0 fully saturated rings. The lowest BCUT2D eigenvalue weighted by atomic mass is 10.0. The molecular formula is C25H24N4O2. The summed E-state index contributed by atoms with van der Waals surface area (Å²) in [4.78, 5) is 24.4. The van der Waals surface area contributed by atoms with Gasteiger partial charge in [0, 0.05) is 12.7 Å². The van der Waals surface area contributed by atoms with E-state index in [1.54, 1.807) is 6.20 Å². The number of hydrogen-bond donors (Lipinski definition) is 2. The van der Waals surface area contributed by atoms with Crippen LogP contribution in [-0.4, -0.2) is 34.7 Å². The molecule has 0 saturated carbocycles. The van der Waals surface area contributed by atoms with Crippen molar-refractivity contribution in [1.82, 2.24) is 20.4 Å². The Bertz CT molecular complexity index is 1180. The minimum absolute atomic E-state index is 0.0348. The molecule has 0 aliphatic rings. The molecule has 0 aliphatic heterocycles. The van der Waals surface area contributed by atoms with Crippen molar-refractivity contribution in [1.29, 1.82) is 0 Å². The number of nitrogens with one attached hydrogen (secondary N) is 2. The lowest BCUT2D eigenvalue weighted by molar-refractivity contribution is -0.125. The Kier molecular flexibility index (Phi) is 6.38. The van der Waals surface area contributed by atoms with E-state index < -0.39 is 0 Å². The summed E-state index contributed by atoms with van der Waals surface area (Å²) in [5.41, 5.74) is 2.97. The molecule has 2 N–H and O–H groups in total. The highest BCUT2D eigenvalue weighted by molar-refractivity contribution is 5.91. The van der Waals surface area contributed by atoms with E-state index in [1.165, 1.54) is 0 Å². The first kappa shape index (κ1) is 20.3. The molecule has 0 unspecified atom stereocenters. The van der Waals surface area contributed by atoms with E-state index in [0.717, 1.165) is 27.6 Å². The second-order valence-corrected chi connectivity index (χ2v) is 7.32. The summed E-state index contributed by atoms with van der Waals surface area (Å²) in [5.74, 6) is -0.377. The molecule has 0 saturated heterocycles. The van der Waals surface area contributed by atoms with Gasteiger partial charge in [0.25, 0.3) is 0 Å². The highest BCUT2D eigenvalue weighted by atomic mass is 16.2. The van der Waals surface area contributed by atoms with Crippen LogP contribution in [0.5, 0.6) is 0 Å². The van der Waals surface area contributed by atoms with Gasteiger partial charge >= 0.3 is 0 Å². The van der Waals surface area contributed by atoms with Crippen LogP contribution in [0.3, 0.4) is 0 Å². The summed E-state index contributed by atoms with van der Waals surface area (Å²) in [7, 11) is 0. The zero-order chi connectivity index (χ0) is 21.5. The summed E-state index contributed by atoms with van der Waals surface area (Å²) < 4.78 is 1.81. The third kappa shape index (κ3) is 5.36. The molecule has 6 heteroatoms. The van der Waals surface area contributed by atoms with Gasteiger partial charge in [-0.25, -0.2) is 4.68 Å². The number of aromatic nitrogens is 2. The quantitative estimate of drug-likeness (QED) is 0.467. The Balaban J connectivity index is 1.21. The minimum Gasteiger partial charge on any atom is -0.354 e. The van der Waals surface area contributed by atoms with E-state index in [4.69, 9.17) is 0 Å². The lowest BCUT2D eigenvalue weighted by Gasteiger charge is -2.08. The summed E-state index contributed by atoms with van der Waals surface area (Å²) in [6.45, 7) is 0.450. The number of nitrogens with zero attached hydrogens (tertiary/aromatic N) is 2. The maximum Gasteiger partial charge on any atom is 0.239 e. The summed E-state index contributed by atoms with van der Waals surface area (Å²) >= 11 is 0. The van der Waals surface area contributed by atoms with E-state index in [9.17, 15) is 9.59 Å². The van der Waals surface area contributed by atoms with E-state index in [-0.39, 0.29) is 24.8 Å². The number of benzene rings is 3. The first-order chi connectivity index (χ1) is 15.2. The Morgan fingerprint density at radius 3 is 2.48 bits per heavy atom. The Morgan fingerprint density at radius 1 is 0.839 bits per heavy atom. The first-order valence-corrected chi connectivity index (χ1v) is 10.3. The molecule has 6 nitrogen and oxygen atoms in total. The van der Waals surface area contributed by atoms with Crippen LogP contribution in [-0.2, 0) is 22.4 Å². The second kappa shape index (κ2) is 9.71.